The minimum absolute atomic E-state index is 0.305. The van der Waals surface area contributed by atoms with Crippen molar-refractivity contribution in [2.75, 3.05) is 18.5 Å². The monoisotopic (exact) mass is 274 g/mol. The summed E-state index contributed by atoms with van der Waals surface area (Å²) in [6.07, 6.45) is 0.0291. The first-order valence-corrected chi connectivity index (χ1v) is 6.45. The summed E-state index contributed by atoms with van der Waals surface area (Å²) in [5, 5.41) is 3.90. The molecule has 1 aliphatic rings. The van der Waals surface area contributed by atoms with Crippen LogP contribution in [-0.4, -0.2) is 26.1 Å². The van der Waals surface area contributed by atoms with Crippen LogP contribution in [-0.2, 0) is 6.54 Å². The molecule has 0 amide bonds. The average molecular weight is 275 g/mol. The van der Waals surface area contributed by atoms with Crippen LogP contribution in [0.25, 0.3) is 0 Å². The summed E-state index contributed by atoms with van der Waals surface area (Å²) >= 11 is 6.12. The van der Waals surface area contributed by atoms with Gasteiger partial charge in [-0.25, -0.2) is 8.78 Å². The highest BCUT2D eigenvalue weighted by molar-refractivity contribution is 6.33. The van der Waals surface area contributed by atoms with Crippen molar-refractivity contribution in [2.24, 2.45) is 0 Å². The first-order valence-electron chi connectivity index (χ1n) is 6.08. The number of nitrogens with zero attached hydrogens (tertiary/aromatic N) is 1. The van der Waals surface area contributed by atoms with Crippen molar-refractivity contribution in [3.8, 4) is 0 Å². The van der Waals surface area contributed by atoms with Crippen LogP contribution in [0.2, 0.25) is 5.02 Å². The third kappa shape index (κ3) is 3.56. The maximum Gasteiger partial charge on any atom is 0.255 e. The van der Waals surface area contributed by atoms with Crippen molar-refractivity contribution in [2.45, 2.75) is 31.9 Å². The number of hydrogen-bond donors (Lipinski definition) is 1. The van der Waals surface area contributed by atoms with Gasteiger partial charge in [0.05, 0.1) is 17.3 Å². The lowest BCUT2D eigenvalue weighted by atomic mass is 10.1. The Kier molecular flexibility index (Phi) is 4.40. The van der Waals surface area contributed by atoms with Crippen molar-refractivity contribution < 1.29 is 8.78 Å². The van der Waals surface area contributed by atoms with Crippen molar-refractivity contribution in [1.82, 2.24) is 5.32 Å². The van der Waals surface area contributed by atoms with Crippen molar-refractivity contribution >= 4 is 17.3 Å². The standard InChI is InChI=1S/C13H17ClF2N2/c1-18(8-12(15)16)13-9(3-2-4-11(13)14)7-17-10-5-6-10/h2-4,10,12,17H,5-8H2,1H3. The summed E-state index contributed by atoms with van der Waals surface area (Å²) in [5.74, 6) is 0. The van der Waals surface area contributed by atoms with E-state index in [4.69, 9.17) is 11.6 Å². The number of benzene rings is 1. The molecule has 0 unspecified atom stereocenters. The van der Waals surface area contributed by atoms with Crippen LogP contribution in [0.15, 0.2) is 18.2 Å². The van der Waals surface area contributed by atoms with Gasteiger partial charge in [0.25, 0.3) is 6.43 Å². The summed E-state index contributed by atoms with van der Waals surface area (Å²) in [6, 6.07) is 6.10. The van der Waals surface area contributed by atoms with Gasteiger partial charge >= 0.3 is 0 Å². The number of hydrogen-bond acceptors (Lipinski definition) is 2. The topological polar surface area (TPSA) is 15.3 Å². The van der Waals surface area contributed by atoms with E-state index in [1.807, 2.05) is 12.1 Å². The van der Waals surface area contributed by atoms with Gasteiger partial charge in [-0.3, -0.25) is 0 Å². The Morgan fingerprint density at radius 3 is 2.78 bits per heavy atom. The van der Waals surface area contributed by atoms with Crippen LogP contribution in [0.1, 0.15) is 18.4 Å². The smallest absolute Gasteiger partial charge is 0.255 e. The summed E-state index contributed by atoms with van der Waals surface area (Å²) in [4.78, 5) is 1.52. The van der Waals surface area contributed by atoms with Crippen LogP contribution in [0.5, 0.6) is 0 Å². The summed E-state index contributed by atoms with van der Waals surface area (Å²) in [6.45, 7) is 0.369. The molecule has 100 valence electrons. The molecule has 0 heterocycles. The van der Waals surface area contributed by atoms with Gasteiger partial charge in [0, 0.05) is 19.6 Å². The highest BCUT2D eigenvalue weighted by Gasteiger charge is 2.21. The van der Waals surface area contributed by atoms with E-state index < -0.39 is 6.43 Å². The number of halogens is 3. The van der Waals surface area contributed by atoms with E-state index in [1.54, 1.807) is 13.1 Å². The van der Waals surface area contributed by atoms with Gasteiger partial charge in [-0.05, 0) is 24.5 Å². The van der Waals surface area contributed by atoms with Gasteiger partial charge in [-0.15, -0.1) is 0 Å². The minimum atomic E-state index is -2.37. The van der Waals surface area contributed by atoms with Gasteiger partial charge in [0.2, 0.25) is 0 Å². The molecule has 0 bridgehead atoms. The van der Waals surface area contributed by atoms with Crippen molar-refractivity contribution in [1.29, 1.82) is 0 Å². The molecular weight excluding hydrogens is 258 g/mol. The fraction of sp³-hybridized carbons (Fsp3) is 0.538. The quantitative estimate of drug-likeness (QED) is 0.856. The van der Waals surface area contributed by atoms with Crippen LogP contribution < -0.4 is 10.2 Å². The molecule has 0 radical (unpaired) electrons. The molecule has 0 saturated heterocycles. The fourth-order valence-electron chi connectivity index (χ4n) is 1.97. The minimum Gasteiger partial charge on any atom is -0.367 e. The zero-order valence-corrected chi connectivity index (χ0v) is 11.1. The van der Waals surface area contributed by atoms with E-state index >= 15 is 0 Å². The lowest BCUT2D eigenvalue weighted by molar-refractivity contribution is 0.156. The maximum atomic E-state index is 12.5. The Morgan fingerprint density at radius 1 is 1.44 bits per heavy atom. The highest BCUT2D eigenvalue weighted by atomic mass is 35.5. The molecule has 2 nitrogen and oxygen atoms in total. The molecule has 0 atom stereocenters. The van der Waals surface area contributed by atoms with Crippen LogP contribution in [0.4, 0.5) is 14.5 Å². The van der Waals surface area contributed by atoms with E-state index in [2.05, 4.69) is 5.32 Å². The predicted octanol–water partition coefficient (Wildman–Crippen LogP) is 3.29. The Bertz CT molecular complexity index is 408. The molecule has 5 heteroatoms. The third-order valence-electron chi connectivity index (χ3n) is 3.02. The average Bonchev–Trinajstić information content (AvgIpc) is 3.08. The highest BCUT2D eigenvalue weighted by Crippen LogP contribution is 2.30. The van der Waals surface area contributed by atoms with Gasteiger partial charge in [-0.2, -0.15) is 0 Å². The van der Waals surface area contributed by atoms with Crippen LogP contribution >= 0.6 is 11.6 Å². The van der Waals surface area contributed by atoms with E-state index in [1.165, 1.54) is 17.7 Å². The maximum absolute atomic E-state index is 12.5. The summed E-state index contributed by atoms with van der Waals surface area (Å²) < 4.78 is 24.9. The Morgan fingerprint density at radius 2 is 2.17 bits per heavy atom. The second kappa shape index (κ2) is 5.85. The number of anilines is 1. The largest absolute Gasteiger partial charge is 0.367 e. The molecule has 0 aromatic heterocycles. The van der Waals surface area contributed by atoms with Crippen LogP contribution in [0, 0.1) is 0 Å². The van der Waals surface area contributed by atoms with Gasteiger partial charge in [0.15, 0.2) is 0 Å². The third-order valence-corrected chi connectivity index (χ3v) is 3.33. The van der Waals surface area contributed by atoms with Crippen molar-refractivity contribution in [3.05, 3.63) is 28.8 Å². The normalized spacial score (nSPS) is 15.2. The number of rotatable bonds is 6. The lowest BCUT2D eigenvalue weighted by Gasteiger charge is -2.23. The summed E-state index contributed by atoms with van der Waals surface area (Å²) in [7, 11) is 1.65. The Balaban J connectivity index is 2.13. The Hall–Kier alpha value is -0.870. The SMILES string of the molecule is CN(CC(F)F)c1c(Cl)cccc1CNC1CC1. The molecule has 0 spiro atoms. The number of nitrogens with one attached hydrogen (secondary N) is 1. The number of alkyl halides is 2. The van der Waals surface area contributed by atoms with Crippen molar-refractivity contribution in [3.63, 3.8) is 0 Å². The molecule has 1 fully saturated rings. The van der Waals surface area contributed by atoms with E-state index in [0.717, 1.165) is 5.56 Å². The predicted molar refractivity (Wildman–Crippen MR) is 70.6 cm³/mol. The first kappa shape index (κ1) is 13.6. The molecule has 1 N–H and O–H groups in total. The van der Waals surface area contributed by atoms with Gasteiger partial charge in [-0.1, -0.05) is 23.7 Å². The first-order chi connectivity index (χ1) is 8.58. The van der Waals surface area contributed by atoms with E-state index in [9.17, 15) is 8.78 Å². The Labute approximate surface area is 111 Å². The number of para-hydroxylation sites is 1. The summed E-state index contributed by atoms with van der Waals surface area (Å²) in [5.41, 5.74) is 1.67. The fourth-order valence-corrected chi connectivity index (χ4v) is 2.31. The second-order valence-corrected chi connectivity index (χ2v) is 5.08. The lowest BCUT2D eigenvalue weighted by Crippen LogP contribution is -2.26. The molecule has 1 aromatic rings. The van der Waals surface area contributed by atoms with Gasteiger partial charge < -0.3 is 10.2 Å². The molecule has 1 aromatic carbocycles. The molecule has 18 heavy (non-hydrogen) atoms. The molecule has 0 aliphatic heterocycles. The zero-order valence-electron chi connectivity index (χ0n) is 10.3. The second-order valence-electron chi connectivity index (χ2n) is 4.67. The molecule has 2 rings (SSSR count). The van der Waals surface area contributed by atoms with Gasteiger partial charge in [0.1, 0.15) is 0 Å². The van der Waals surface area contributed by atoms with E-state index in [-0.39, 0.29) is 6.54 Å². The molecular formula is C13H17ClF2N2. The molecule has 1 saturated carbocycles. The van der Waals surface area contributed by atoms with Crippen LogP contribution in [0.3, 0.4) is 0 Å². The van der Waals surface area contributed by atoms with E-state index in [0.29, 0.717) is 23.3 Å². The molecule has 1 aliphatic carbocycles. The zero-order chi connectivity index (χ0) is 13.1.